The molecule has 0 aromatic heterocycles. The van der Waals surface area contributed by atoms with Crippen molar-refractivity contribution in [3.63, 3.8) is 0 Å². The molecular weight excluding hydrogens is 355 g/mol. The molecule has 4 heteroatoms. The molecule has 25 heavy (non-hydrogen) atoms. The second-order valence-electron chi connectivity index (χ2n) is 10.0. The molecule has 142 valence electrons. The van der Waals surface area contributed by atoms with E-state index in [9.17, 15) is 9.90 Å². The van der Waals surface area contributed by atoms with Crippen molar-refractivity contribution < 1.29 is 9.90 Å². The first-order chi connectivity index (χ1) is 11.6. The van der Waals surface area contributed by atoms with Gasteiger partial charge in [0.25, 0.3) is 0 Å². The average Bonchev–Trinajstić information content (AvgIpc) is 2.88. The minimum Gasteiger partial charge on any atom is -0.393 e. The van der Waals surface area contributed by atoms with Crippen molar-refractivity contribution in [1.29, 1.82) is 0 Å². The summed E-state index contributed by atoms with van der Waals surface area (Å²) in [5.41, 5.74) is 0.152. The van der Waals surface area contributed by atoms with Crippen molar-refractivity contribution in [3.05, 3.63) is 0 Å². The van der Waals surface area contributed by atoms with Gasteiger partial charge in [-0.3, -0.25) is 4.79 Å². The van der Waals surface area contributed by atoms with Gasteiger partial charge in [0.05, 0.1) is 16.4 Å². The minimum atomic E-state index is -0.486. The second-order valence-corrected chi connectivity index (χ2v) is 11.2. The number of aliphatic hydroxyl groups excluding tert-OH is 1. The van der Waals surface area contributed by atoms with Gasteiger partial charge in [0, 0.05) is 5.92 Å². The fourth-order valence-corrected chi connectivity index (χ4v) is 8.88. The van der Waals surface area contributed by atoms with Crippen LogP contribution in [-0.4, -0.2) is 27.2 Å². The van der Waals surface area contributed by atoms with E-state index in [0.717, 1.165) is 38.5 Å². The maximum atomic E-state index is 12.2. The van der Waals surface area contributed by atoms with Crippen molar-refractivity contribution in [2.24, 2.45) is 34.5 Å². The van der Waals surface area contributed by atoms with Crippen molar-refractivity contribution >= 4 is 29.0 Å². The van der Waals surface area contributed by atoms with Gasteiger partial charge in [-0.15, -0.1) is 23.2 Å². The van der Waals surface area contributed by atoms with Crippen LogP contribution in [0.2, 0.25) is 0 Å². The molecule has 4 fully saturated rings. The Morgan fingerprint density at radius 2 is 1.80 bits per heavy atom. The molecule has 0 aliphatic heterocycles. The fourth-order valence-electron chi connectivity index (χ4n) is 7.83. The summed E-state index contributed by atoms with van der Waals surface area (Å²) in [6.45, 7) is 6.49. The van der Waals surface area contributed by atoms with Crippen molar-refractivity contribution in [3.8, 4) is 0 Å². The standard InChI is InChI=1S/C21H32Cl2O2/c1-12(24)15-4-5-16-14-10-18(22)21(23)11-13(25)6-9-20(21,3)17(14)7-8-19(15,16)2/h13-18,25H,4-11H2,1-3H3/t13-,14-,15+,16-,17-,18?,19+,20+,21?/m0/s1. The molecule has 0 amide bonds. The lowest BCUT2D eigenvalue weighted by atomic mass is 9.44. The number of rotatable bonds is 1. The molecule has 4 rings (SSSR count). The van der Waals surface area contributed by atoms with Crippen LogP contribution in [0.5, 0.6) is 0 Å². The molecular formula is C21H32Cl2O2. The van der Waals surface area contributed by atoms with Crippen LogP contribution >= 0.6 is 23.2 Å². The second kappa shape index (κ2) is 5.85. The van der Waals surface area contributed by atoms with Gasteiger partial charge in [-0.2, -0.15) is 0 Å². The number of carbonyl (C=O) groups is 1. The van der Waals surface area contributed by atoms with Crippen LogP contribution in [0.4, 0.5) is 0 Å². The van der Waals surface area contributed by atoms with E-state index in [1.54, 1.807) is 6.92 Å². The summed E-state index contributed by atoms with van der Waals surface area (Å²) in [5.74, 6) is 2.37. The van der Waals surface area contributed by atoms with Crippen LogP contribution in [0.25, 0.3) is 0 Å². The Morgan fingerprint density at radius 1 is 1.08 bits per heavy atom. The maximum Gasteiger partial charge on any atom is 0.133 e. The highest BCUT2D eigenvalue weighted by molar-refractivity contribution is 6.33. The summed E-state index contributed by atoms with van der Waals surface area (Å²) in [7, 11) is 0. The number of alkyl halides is 2. The van der Waals surface area contributed by atoms with Crippen LogP contribution in [0.3, 0.4) is 0 Å². The number of fused-ring (bicyclic) bond motifs is 5. The third-order valence-corrected chi connectivity index (χ3v) is 10.7. The molecule has 0 bridgehead atoms. The molecule has 0 aromatic rings. The Morgan fingerprint density at radius 3 is 2.48 bits per heavy atom. The topological polar surface area (TPSA) is 37.3 Å². The van der Waals surface area contributed by atoms with Gasteiger partial charge in [0.1, 0.15) is 5.78 Å². The molecule has 4 aliphatic rings. The number of ketones is 1. The molecule has 0 spiro atoms. The summed E-state index contributed by atoms with van der Waals surface area (Å²) >= 11 is 14.1. The maximum absolute atomic E-state index is 12.2. The van der Waals surface area contributed by atoms with E-state index in [2.05, 4.69) is 13.8 Å². The van der Waals surface area contributed by atoms with Gasteiger partial charge >= 0.3 is 0 Å². The monoisotopic (exact) mass is 386 g/mol. The summed E-state index contributed by atoms with van der Waals surface area (Å²) in [4.78, 5) is 11.7. The van der Waals surface area contributed by atoms with Gasteiger partial charge in [0.15, 0.2) is 0 Å². The third kappa shape index (κ3) is 2.36. The molecule has 2 unspecified atom stereocenters. The highest BCUT2D eigenvalue weighted by Crippen LogP contribution is 2.70. The Balaban J connectivity index is 1.69. The number of hydrogen-bond donors (Lipinski definition) is 1. The van der Waals surface area contributed by atoms with E-state index in [1.165, 1.54) is 6.42 Å². The van der Waals surface area contributed by atoms with Crippen molar-refractivity contribution in [2.75, 3.05) is 0 Å². The summed E-state index contributed by atoms with van der Waals surface area (Å²) in [5, 5.41) is 10.2. The first kappa shape index (κ1) is 18.6. The smallest absolute Gasteiger partial charge is 0.133 e. The molecule has 0 aromatic carbocycles. The molecule has 0 heterocycles. The van der Waals surface area contributed by atoms with Gasteiger partial charge in [-0.05, 0) is 86.9 Å². The summed E-state index contributed by atoms with van der Waals surface area (Å²) < 4.78 is 0. The lowest BCUT2D eigenvalue weighted by Crippen LogP contribution is -2.64. The molecule has 9 atom stereocenters. The first-order valence-electron chi connectivity index (χ1n) is 10.1. The van der Waals surface area contributed by atoms with Gasteiger partial charge in [-0.25, -0.2) is 0 Å². The molecule has 2 nitrogen and oxygen atoms in total. The zero-order valence-corrected chi connectivity index (χ0v) is 17.2. The molecule has 4 saturated carbocycles. The number of Topliss-reactive ketones (excluding diaryl/α,β-unsaturated/α-hetero) is 1. The van der Waals surface area contributed by atoms with E-state index in [0.29, 0.717) is 30.0 Å². The lowest BCUT2D eigenvalue weighted by molar-refractivity contribution is -0.133. The Hall–Kier alpha value is 0.210. The van der Waals surface area contributed by atoms with Crippen LogP contribution in [-0.2, 0) is 4.79 Å². The van der Waals surface area contributed by atoms with Crippen molar-refractivity contribution in [2.45, 2.75) is 88.5 Å². The van der Waals surface area contributed by atoms with Crippen LogP contribution in [0.15, 0.2) is 0 Å². The average molecular weight is 387 g/mol. The predicted octanol–water partition coefficient (Wildman–Crippen LogP) is 5.17. The highest BCUT2D eigenvalue weighted by Gasteiger charge is 2.67. The van der Waals surface area contributed by atoms with E-state index < -0.39 is 4.87 Å². The van der Waals surface area contributed by atoms with E-state index in [4.69, 9.17) is 23.2 Å². The predicted molar refractivity (Wildman–Crippen MR) is 102 cm³/mol. The lowest BCUT2D eigenvalue weighted by Gasteiger charge is -2.65. The third-order valence-electron chi connectivity index (χ3n) is 9.20. The Kier molecular flexibility index (Phi) is 4.35. The SMILES string of the molecule is CC(=O)[C@H]1CC[C@H]2[C@@H]3CC(Cl)C4(Cl)C[C@@H](O)CC[C@]4(C)[C@H]3CC[C@]12C. The number of halogens is 2. The Labute approximate surface area is 162 Å². The summed E-state index contributed by atoms with van der Waals surface area (Å²) in [6.07, 6.45) is 7.59. The first-order valence-corrected chi connectivity index (χ1v) is 11.0. The van der Waals surface area contributed by atoms with E-state index in [-0.39, 0.29) is 28.2 Å². The fraction of sp³-hybridized carbons (Fsp3) is 0.952. The zero-order valence-electron chi connectivity index (χ0n) is 15.7. The number of carbonyl (C=O) groups excluding carboxylic acids is 1. The van der Waals surface area contributed by atoms with Crippen molar-refractivity contribution in [1.82, 2.24) is 0 Å². The van der Waals surface area contributed by atoms with E-state index in [1.807, 2.05) is 0 Å². The highest BCUT2D eigenvalue weighted by atomic mass is 35.5. The molecule has 4 aliphatic carbocycles. The summed E-state index contributed by atoms with van der Waals surface area (Å²) in [6, 6.07) is 0. The van der Waals surface area contributed by atoms with Gasteiger partial charge < -0.3 is 5.11 Å². The van der Waals surface area contributed by atoms with Crippen LogP contribution < -0.4 is 0 Å². The zero-order chi connectivity index (χ0) is 18.2. The Bertz CT molecular complexity index is 580. The normalized spacial score (nSPS) is 58.2. The van der Waals surface area contributed by atoms with Crippen LogP contribution in [0, 0.1) is 34.5 Å². The van der Waals surface area contributed by atoms with Gasteiger partial charge in [0.2, 0.25) is 0 Å². The number of hydrogen-bond acceptors (Lipinski definition) is 2. The quantitative estimate of drug-likeness (QED) is 0.630. The van der Waals surface area contributed by atoms with Gasteiger partial charge in [-0.1, -0.05) is 13.8 Å². The molecule has 0 saturated heterocycles. The van der Waals surface area contributed by atoms with E-state index >= 15 is 0 Å². The minimum absolute atomic E-state index is 0.00123. The molecule has 1 N–H and O–H groups in total. The number of aliphatic hydroxyl groups is 1. The van der Waals surface area contributed by atoms with Crippen LogP contribution in [0.1, 0.15) is 72.1 Å². The molecule has 0 radical (unpaired) electrons. The largest absolute Gasteiger partial charge is 0.393 e.